The van der Waals surface area contributed by atoms with E-state index < -0.39 is 17.5 Å². The second-order valence-corrected chi connectivity index (χ2v) is 12.0. The number of hydrogen-bond acceptors (Lipinski definition) is 5. The molecule has 0 bridgehead atoms. The van der Waals surface area contributed by atoms with Gasteiger partial charge in [0.2, 0.25) is 0 Å². The van der Waals surface area contributed by atoms with Gasteiger partial charge in [-0.3, -0.25) is 14.3 Å². The van der Waals surface area contributed by atoms with Crippen molar-refractivity contribution in [2.75, 3.05) is 13.2 Å². The summed E-state index contributed by atoms with van der Waals surface area (Å²) in [5.41, 5.74) is -0.912. The van der Waals surface area contributed by atoms with Gasteiger partial charge in [0.25, 0.3) is 5.56 Å². The Labute approximate surface area is 249 Å². The maximum atomic E-state index is 12.3. The van der Waals surface area contributed by atoms with Gasteiger partial charge in [-0.1, -0.05) is 135 Å². The Morgan fingerprint density at radius 1 is 0.854 bits per heavy atom. The van der Waals surface area contributed by atoms with Gasteiger partial charge < -0.3 is 14.2 Å². The summed E-state index contributed by atoms with van der Waals surface area (Å²) in [6.07, 6.45) is 28.3. The molecular formula is C34H60N2O5. The molecule has 0 saturated carbocycles. The quantitative estimate of drug-likeness (QED) is 0.0882. The predicted molar refractivity (Wildman–Crippen MR) is 168 cm³/mol. The Bertz CT molecular complexity index is 911. The number of nitrogens with zero attached hydrogens (tertiary/aromatic N) is 1. The van der Waals surface area contributed by atoms with Crippen molar-refractivity contribution in [1.29, 1.82) is 0 Å². The first-order chi connectivity index (χ1) is 20.0. The molecular weight excluding hydrogens is 516 g/mol. The minimum absolute atomic E-state index is 0.199. The van der Waals surface area contributed by atoms with E-state index in [9.17, 15) is 9.59 Å². The maximum Gasteiger partial charge on any atom is 0.330 e. The number of allylic oxidation sites excluding steroid dienone is 1. The number of H-pyrrole nitrogens is 1. The van der Waals surface area contributed by atoms with Crippen molar-refractivity contribution in [2.45, 2.75) is 167 Å². The molecule has 7 heteroatoms. The topological polar surface area (TPSA) is 82.5 Å². The molecule has 1 aromatic heterocycles. The molecule has 236 valence electrons. The van der Waals surface area contributed by atoms with Crippen LogP contribution in [0.2, 0.25) is 0 Å². The molecule has 41 heavy (non-hydrogen) atoms. The van der Waals surface area contributed by atoms with Crippen LogP contribution in [-0.2, 0) is 14.2 Å². The summed E-state index contributed by atoms with van der Waals surface area (Å²) in [4.78, 5) is 26.1. The molecule has 2 heterocycles. The first-order valence-electron chi connectivity index (χ1n) is 16.9. The number of rotatable bonds is 26. The minimum atomic E-state index is -0.580. The molecule has 1 aliphatic heterocycles. The molecule has 0 spiro atoms. The van der Waals surface area contributed by atoms with E-state index in [-0.39, 0.29) is 12.2 Å². The molecule has 2 rings (SSSR count). The van der Waals surface area contributed by atoms with Crippen LogP contribution in [0.3, 0.4) is 0 Å². The summed E-state index contributed by atoms with van der Waals surface area (Å²) < 4.78 is 19.2. The average Bonchev–Trinajstić information content (AvgIpc) is 3.35. The standard InChI is InChI=1S/C34H60N2O5/c1-4-5-6-7-8-9-10-11-12-13-14-15-16-17-18-19-20-21-22-23-26-39-31-27-30(28-40-29(2)3)41-33(31)36-25-24-32(37)35-34(36)38/h24-25,30-31,33H,2,4-23,26-28H2,1,3H3,(H,35,37,38)/t30-,31+,33+/m0/s1. The first-order valence-corrected chi connectivity index (χ1v) is 16.9. The lowest BCUT2D eigenvalue weighted by molar-refractivity contribution is -0.0752. The Balaban J connectivity index is 1.45. The summed E-state index contributed by atoms with van der Waals surface area (Å²) in [5.74, 6) is 0.625. The van der Waals surface area contributed by atoms with Crippen molar-refractivity contribution in [3.63, 3.8) is 0 Å². The Morgan fingerprint density at radius 3 is 1.80 bits per heavy atom. The van der Waals surface area contributed by atoms with Crippen LogP contribution >= 0.6 is 0 Å². The van der Waals surface area contributed by atoms with Gasteiger partial charge in [-0.15, -0.1) is 0 Å². The van der Waals surface area contributed by atoms with Gasteiger partial charge in [0.1, 0.15) is 12.7 Å². The largest absolute Gasteiger partial charge is 0.496 e. The van der Waals surface area contributed by atoms with Gasteiger partial charge >= 0.3 is 5.69 Å². The summed E-state index contributed by atoms with van der Waals surface area (Å²) >= 11 is 0. The third-order valence-electron chi connectivity index (χ3n) is 8.12. The van der Waals surface area contributed by atoms with E-state index in [4.69, 9.17) is 14.2 Å². The number of aromatic nitrogens is 2. The fraction of sp³-hybridized carbons (Fsp3) is 0.824. The van der Waals surface area contributed by atoms with Gasteiger partial charge in [-0.05, 0) is 13.3 Å². The summed E-state index contributed by atoms with van der Waals surface area (Å²) in [6.45, 7) is 8.85. The highest BCUT2D eigenvalue weighted by Gasteiger charge is 2.38. The highest BCUT2D eigenvalue weighted by Crippen LogP contribution is 2.31. The third kappa shape index (κ3) is 16.4. The van der Waals surface area contributed by atoms with E-state index in [1.807, 2.05) is 0 Å². The molecule has 0 amide bonds. The summed E-state index contributed by atoms with van der Waals surface area (Å²) in [7, 11) is 0. The van der Waals surface area contributed by atoms with E-state index in [2.05, 4.69) is 18.5 Å². The second-order valence-electron chi connectivity index (χ2n) is 12.0. The zero-order chi connectivity index (χ0) is 29.5. The van der Waals surface area contributed by atoms with Gasteiger partial charge in [0.15, 0.2) is 6.23 Å². The van der Waals surface area contributed by atoms with Crippen LogP contribution < -0.4 is 11.2 Å². The molecule has 0 aromatic carbocycles. The average molecular weight is 577 g/mol. The number of hydrogen-bond donors (Lipinski definition) is 1. The van der Waals surface area contributed by atoms with Crippen molar-refractivity contribution in [3.05, 3.63) is 45.4 Å². The number of unbranched alkanes of at least 4 members (excludes halogenated alkanes) is 19. The van der Waals surface area contributed by atoms with Crippen molar-refractivity contribution < 1.29 is 14.2 Å². The van der Waals surface area contributed by atoms with Crippen molar-refractivity contribution in [2.24, 2.45) is 0 Å². The highest BCUT2D eigenvalue weighted by atomic mass is 16.6. The van der Waals surface area contributed by atoms with Crippen LogP contribution in [0.25, 0.3) is 0 Å². The zero-order valence-electron chi connectivity index (χ0n) is 26.3. The van der Waals surface area contributed by atoms with Gasteiger partial charge in [-0.25, -0.2) is 4.79 Å². The van der Waals surface area contributed by atoms with E-state index in [0.29, 0.717) is 25.4 Å². The van der Waals surface area contributed by atoms with Crippen molar-refractivity contribution in [3.8, 4) is 0 Å². The smallest absolute Gasteiger partial charge is 0.330 e. The van der Waals surface area contributed by atoms with Crippen LogP contribution in [0.4, 0.5) is 0 Å². The normalized spacial score (nSPS) is 18.6. The lowest BCUT2D eigenvalue weighted by Crippen LogP contribution is -2.35. The maximum absolute atomic E-state index is 12.3. The highest BCUT2D eigenvalue weighted by molar-refractivity contribution is 4.90. The Hall–Kier alpha value is -1.86. The van der Waals surface area contributed by atoms with Gasteiger partial charge in [0, 0.05) is 25.3 Å². The summed E-state index contributed by atoms with van der Waals surface area (Å²) in [5, 5.41) is 0. The fourth-order valence-electron chi connectivity index (χ4n) is 5.67. The number of ether oxygens (including phenoxy) is 3. The van der Waals surface area contributed by atoms with Gasteiger partial charge in [-0.2, -0.15) is 0 Å². The zero-order valence-corrected chi connectivity index (χ0v) is 26.3. The molecule has 7 nitrogen and oxygen atoms in total. The van der Waals surface area contributed by atoms with Crippen LogP contribution in [0, 0.1) is 0 Å². The molecule has 1 aromatic rings. The Kier molecular flexibility index (Phi) is 19.6. The predicted octanol–water partition coefficient (Wildman–Crippen LogP) is 8.58. The monoisotopic (exact) mass is 576 g/mol. The van der Waals surface area contributed by atoms with Gasteiger partial charge in [0.05, 0.1) is 11.9 Å². The molecule has 0 aliphatic carbocycles. The van der Waals surface area contributed by atoms with E-state index in [1.54, 1.807) is 6.92 Å². The van der Waals surface area contributed by atoms with Crippen LogP contribution in [-0.4, -0.2) is 35.0 Å². The van der Waals surface area contributed by atoms with E-state index >= 15 is 0 Å². The Morgan fingerprint density at radius 2 is 1.34 bits per heavy atom. The molecule has 0 unspecified atom stereocenters. The van der Waals surface area contributed by atoms with E-state index in [0.717, 1.165) is 12.8 Å². The van der Waals surface area contributed by atoms with Crippen molar-refractivity contribution >= 4 is 0 Å². The third-order valence-corrected chi connectivity index (χ3v) is 8.12. The number of nitrogens with one attached hydrogen (secondary N) is 1. The number of aromatic amines is 1. The fourth-order valence-corrected chi connectivity index (χ4v) is 5.67. The van der Waals surface area contributed by atoms with Crippen molar-refractivity contribution in [1.82, 2.24) is 9.55 Å². The van der Waals surface area contributed by atoms with E-state index in [1.165, 1.54) is 132 Å². The molecule has 1 saturated heterocycles. The molecule has 1 aliphatic rings. The first kappa shape index (κ1) is 35.3. The second kappa shape index (κ2) is 22.7. The molecule has 3 atom stereocenters. The molecule has 1 N–H and O–H groups in total. The minimum Gasteiger partial charge on any atom is -0.496 e. The molecule has 1 fully saturated rings. The SMILES string of the molecule is C=C(C)OC[C@@H]1C[C@@H](OCCCCCCCCCCCCCCCCCCCCCC)[C@H](n2ccc(=O)[nH]c2=O)O1. The lowest BCUT2D eigenvalue weighted by atomic mass is 10.0. The van der Waals surface area contributed by atoms with Crippen LogP contribution in [0.15, 0.2) is 34.2 Å². The summed E-state index contributed by atoms with van der Waals surface area (Å²) in [6, 6.07) is 1.33. The lowest BCUT2D eigenvalue weighted by Gasteiger charge is -2.21. The van der Waals surface area contributed by atoms with Crippen LogP contribution in [0.1, 0.15) is 155 Å². The molecule has 0 radical (unpaired) electrons. The van der Waals surface area contributed by atoms with Crippen LogP contribution in [0.5, 0.6) is 0 Å².